The lowest BCUT2D eigenvalue weighted by Gasteiger charge is -2.14. The third-order valence-corrected chi connectivity index (χ3v) is 2.03. The molecule has 1 aromatic carbocycles. The zero-order valence-corrected chi connectivity index (χ0v) is 9.28. The molecule has 0 fully saturated rings. The van der Waals surface area contributed by atoms with Gasteiger partial charge < -0.3 is 9.47 Å². The van der Waals surface area contributed by atoms with E-state index in [1.54, 1.807) is 0 Å². The Balaban J connectivity index is 3.16. The first-order valence-corrected chi connectivity index (χ1v) is 4.77. The number of carbonyl (C=O) groups excluding carboxylic acids is 2. The molecule has 0 aliphatic carbocycles. The van der Waals surface area contributed by atoms with E-state index in [2.05, 4.69) is 9.47 Å². The summed E-state index contributed by atoms with van der Waals surface area (Å²) < 4.78 is 44.7. The average Bonchev–Trinajstić information content (AvgIpc) is 2.29. The first kappa shape index (κ1) is 14.0. The fourth-order valence-corrected chi connectivity index (χ4v) is 1.30. The van der Waals surface area contributed by atoms with Crippen molar-refractivity contribution in [2.75, 3.05) is 7.11 Å². The predicted molar refractivity (Wildman–Crippen MR) is 54.2 cm³/mol. The Labute approximate surface area is 100 Å². The summed E-state index contributed by atoms with van der Waals surface area (Å²) in [6.45, 7) is 0. The molecule has 7 heteroatoms. The largest absolute Gasteiger partial charge is 0.573 e. The second kappa shape index (κ2) is 5.52. The summed E-state index contributed by atoms with van der Waals surface area (Å²) in [5.74, 6) is -1.41. The Bertz CT molecular complexity index is 454. The van der Waals surface area contributed by atoms with Crippen LogP contribution in [0.15, 0.2) is 18.2 Å². The SMILES string of the molecule is COC(=O)Cc1cccc(C=O)c1OC(F)(F)F. The lowest BCUT2D eigenvalue weighted by atomic mass is 10.1. The maximum absolute atomic E-state index is 12.2. The molecule has 0 unspecified atom stereocenters. The van der Waals surface area contributed by atoms with Crippen LogP contribution in [0.5, 0.6) is 5.75 Å². The lowest BCUT2D eigenvalue weighted by molar-refractivity contribution is -0.275. The molecule has 0 saturated heterocycles. The summed E-state index contributed by atoms with van der Waals surface area (Å²) in [6.07, 6.45) is -5.13. The first-order valence-electron chi connectivity index (χ1n) is 4.77. The van der Waals surface area contributed by atoms with Crippen LogP contribution >= 0.6 is 0 Å². The van der Waals surface area contributed by atoms with Gasteiger partial charge in [0.2, 0.25) is 0 Å². The predicted octanol–water partition coefficient (Wildman–Crippen LogP) is 2.11. The third-order valence-electron chi connectivity index (χ3n) is 2.03. The number of hydrogen-bond acceptors (Lipinski definition) is 4. The third kappa shape index (κ3) is 3.76. The van der Waals surface area contributed by atoms with Crippen molar-refractivity contribution in [3.63, 3.8) is 0 Å². The van der Waals surface area contributed by atoms with Gasteiger partial charge in [-0.05, 0) is 6.07 Å². The number of benzene rings is 1. The van der Waals surface area contributed by atoms with Crippen LogP contribution in [0.4, 0.5) is 13.2 Å². The minimum atomic E-state index is -4.94. The molecular weight excluding hydrogens is 253 g/mol. The molecule has 98 valence electrons. The molecule has 0 N–H and O–H groups in total. The summed E-state index contributed by atoms with van der Waals surface area (Å²) in [5.41, 5.74) is -0.350. The molecule has 1 aromatic rings. The second-order valence-corrected chi connectivity index (χ2v) is 3.25. The molecule has 0 amide bonds. The van der Waals surface area contributed by atoms with Crippen LogP contribution < -0.4 is 4.74 Å². The van der Waals surface area contributed by atoms with Gasteiger partial charge in [0.1, 0.15) is 5.75 Å². The number of ether oxygens (including phenoxy) is 2. The number of methoxy groups -OCH3 is 1. The molecule has 0 heterocycles. The molecule has 0 aromatic heterocycles. The molecule has 0 aliphatic rings. The number of hydrogen-bond donors (Lipinski definition) is 0. The lowest BCUT2D eigenvalue weighted by Crippen LogP contribution is -2.20. The van der Waals surface area contributed by atoms with E-state index in [0.717, 1.165) is 13.2 Å². The van der Waals surface area contributed by atoms with E-state index in [9.17, 15) is 22.8 Å². The Morgan fingerprint density at radius 2 is 2.06 bits per heavy atom. The number of esters is 1. The van der Waals surface area contributed by atoms with Gasteiger partial charge in [-0.3, -0.25) is 9.59 Å². The average molecular weight is 262 g/mol. The molecule has 18 heavy (non-hydrogen) atoms. The van der Waals surface area contributed by atoms with Crippen molar-refractivity contribution >= 4 is 12.3 Å². The van der Waals surface area contributed by atoms with Gasteiger partial charge in [0.25, 0.3) is 0 Å². The van der Waals surface area contributed by atoms with Crippen molar-refractivity contribution < 1.29 is 32.2 Å². The topological polar surface area (TPSA) is 52.6 Å². The smallest absolute Gasteiger partial charge is 0.469 e. The molecule has 0 bridgehead atoms. The molecule has 4 nitrogen and oxygen atoms in total. The highest BCUT2D eigenvalue weighted by Gasteiger charge is 2.33. The van der Waals surface area contributed by atoms with Gasteiger partial charge in [-0.15, -0.1) is 13.2 Å². The maximum atomic E-state index is 12.2. The molecule has 0 saturated carbocycles. The van der Waals surface area contributed by atoms with E-state index in [-0.39, 0.29) is 17.4 Å². The molecular formula is C11H9F3O4. The van der Waals surface area contributed by atoms with Crippen LogP contribution in [-0.4, -0.2) is 25.7 Å². The first-order chi connectivity index (χ1) is 8.37. The van der Waals surface area contributed by atoms with Gasteiger partial charge >= 0.3 is 12.3 Å². The molecule has 0 radical (unpaired) electrons. The van der Waals surface area contributed by atoms with E-state index in [4.69, 9.17) is 0 Å². The van der Waals surface area contributed by atoms with E-state index < -0.39 is 24.5 Å². The van der Waals surface area contributed by atoms with Gasteiger partial charge in [0.05, 0.1) is 19.1 Å². The number of para-hydroxylation sites is 1. The minimum Gasteiger partial charge on any atom is -0.469 e. The molecule has 0 spiro atoms. The van der Waals surface area contributed by atoms with Gasteiger partial charge in [-0.2, -0.15) is 0 Å². The van der Waals surface area contributed by atoms with Crippen molar-refractivity contribution in [2.24, 2.45) is 0 Å². The van der Waals surface area contributed by atoms with Gasteiger partial charge in [-0.1, -0.05) is 12.1 Å². The van der Waals surface area contributed by atoms with E-state index >= 15 is 0 Å². The number of carbonyl (C=O) groups is 2. The zero-order chi connectivity index (χ0) is 13.8. The second-order valence-electron chi connectivity index (χ2n) is 3.25. The Morgan fingerprint density at radius 1 is 1.39 bits per heavy atom. The summed E-state index contributed by atoms with van der Waals surface area (Å²) in [7, 11) is 1.11. The Kier molecular flexibility index (Phi) is 4.30. The van der Waals surface area contributed by atoms with E-state index in [0.29, 0.717) is 0 Å². The van der Waals surface area contributed by atoms with Crippen LogP contribution in [0.25, 0.3) is 0 Å². The van der Waals surface area contributed by atoms with Crippen LogP contribution in [0, 0.1) is 0 Å². The zero-order valence-electron chi connectivity index (χ0n) is 9.28. The fourth-order valence-electron chi connectivity index (χ4n) is 1.30. The van der Waals surface area contributed by atoms with Gasteiger partial charge in [0, 0.05) is 5.56 Å². The fraction of sp³-hybridized carbons (Fsp3) is 0.273. The monoisotopic (exact) mass is 262 g/mol. The van der Waals surface area contributed by atoms with Crippen LogP contribution in [0.2, 0.25) is 0 Å². The highest BCUT2D eigenvalue weighted by molar-refractivity contribution is 5.82. The molecule has 1 rings (SSSR count). The van der Waals surface area contributed by atoms with E-state index in [1.165, 1.54) is 12.1 Å². The highest BCUT2D eigenvalue weighted by Crippen LogP contribution is 2.29. The van der Waals surface area contributed by atoms with Crippen molar-refractivity contribution in [1.29, 1.82) is 0 Å². The normalized spacial score (nSPS) is 10.9. The Morgan fingerprint density at radius 3 is 2.56 bits per heavy atom. The van der Waals surface area contributed by atoms with Gasteiger partial charge in [-0.25, -0.2) is 0 Å². The number of rotatable bonds is 4. The van der Waals surface area contributed by atoms with Crippen molar-refractivity contribution in [3.05, 3.63) is 29.3 Å². The van der Waals surface area contributed by atoms with Gasteiger partial charge in [0.15, 0.2) is 6.29 Å². The summed E-state index contributed by atoms with van der Waals surface area (Å²) in [5, 5.41) is 0. The molecule has 0 aliphatic heterocycles. The van der Waals surface area contributed by atoms with Crippen molar-refractivity contribution in [2.45, 2.75) is 12.8 Å². The number of halogens is 3. The standard InChI is InChI=1S/C11H9F3O4/c1-17-9(16)5-7-3-2-4-8(6-15)10(7)18-11(12,13)14/h2-4,6H,5H2,1H3. The van der Waals surface area contributed by atoms with Crippen molar-refractivity contribution in [1.82, 2.24) is 0 Å². The van der Waals surface area contributed by atoms with E-state index in [1.807, 2.05) is 0 Å². The van der Waals surface area contributed by atoms with Crippen LogP contribution in [0.1, 0.15) is 15.9 Å². The quantitative estimate of drug-likeness (QED) is 0.616. The highest BCUT2D eigenvalue weighted by atomic mass is 19.4. The van der Waals surface area contributed by atoms with Crippen molar-refractivity contribution in [3.8, 4) is 5.75 Å². The number of aldehydes is 1. The maximum Gasteiger partial charge on any atom is 0.573 e. The molecule has 0 atom stereocenters. The summed E-state index contributed by atoms with van der Waals surface area (Å²) in [6, 6.07) is 3.77. The minimum absolute atomic E-state index is 0.0659. The summed E-state index contributed by atoms with van der Waals surface area (Å²) >= 11 is 0. The Hall–Kier alpha value is -2.05. The number of alkyl halides is 3. The van der Waals surface area contributed by atoms with Crippen LogP contribution in [0.3, 0.4) is 0 Å². The van der Waals surface area contributed by atoms with Crippen LogP contribution in [-0.2, 0) is 16.0 Å². The summed E-state index contributed by atoms with van der Waals surface area (Å²) in [4.78, 5) is 21.7.